The zero-order valence-corrected chi connectivity index (χ0v) is 18.3. The molecule has 0 amide bonds. The lowest BCUT2D eigenvalue weighted by atomic mass is 10.1. The monoisotopic (exact) mass is 463 g/mol. The Kier molecular flexibility index (Phi) is 5.20. The minimum Gasteiger partial charge on any atom is -0.412 e. The number of carbonyl (C=O) groups is 1. The van der Waals surface area contributed by atoms with Crippen molar-refractivity contribution in [2.45, 2.75) is 13.5 Å². The molecule has 0 aliphatic heterocycles. The molecule has 2 aromatic carbocycles. The van der Waals surface area contributed by atoms with Gasteiger partial charge in [0.1, 0.15) is 5.69 Å². The fourth-order valence-electron chi connectivity index (χ4n) is 3.50. The third-order valence-corrected chi connectivity index (χ3v) is 5.63. The third-order valence-electron chi connectivity index (χ3n) is 5.04. The molecule has 158 valence electrons. The number of hydrogen-bond acceptors (Lipinski definition) is 6. The second-order valence-electron chi connectivity index (χ2n) is 7.26. The normalized spacial score (nSPS) is 11.2. The average Bonchev–Trinajstić information content (AvgIpc) is 3.41. The van der Waals surface area contributed by atoms with E-state index in [1.165, 1.54) is 18.6 Å². The number of benzene rings is 2. The van der Waals surface area contributed by atoms with E-state index in [9.17, 15) is 4.79 Å². The largest absolute Gasteiger partial charge is 0.412 e. The Bertz CT molecular complexity index is 1460. The van der Waals surface area contributed by atoms with E-state index >= 15 is 0 Å². The molecular formula is C23H15Cl2N5O2. The fraction of sp³-hybridized carbons (Fsp3) is 0.0870. The molecule has 7 nitrogen and oxygen atoms in total. The standard InChI is InChI=1S/C23H15Cl2N5O2/c1-13-2-5-20-16(8-13)17(12-30(20)11-14-3-4-15(24)9-18(14)25)21(31)23-29-28-22(32-23)19-10-26-6-7-27-19/h2-10,12H,11H2,1H3. The summed E-state index contributed by atoms with van der Waals surface area (Å²) in [5.41, 5.74) is 3.66. The topological polar surface area (TPSA) is 86.7 Å². The van der Waals surface area contributed by atoms with Crippen LogP contribution in [0.2, 0.25) is 10.0 Å². The van der Waals surface area contributed by atoms with E-state index < -0.39 is 0 Å². The van der Waals surface area contributed by atoms with Gasteiger partial charge in [0.05, 0.1) is 11.8 Å². The summed E-state index contributed by atoms with van der Waals surface area (Å²) in [7, 11) is 0. The molecule has 32 heavy (non-hydrogen) atoms. The van der Waals surface area contributed by atoms with Gasteiger partial charge in [-0.15, -0.1) is 10.2 Å². The summed E-state index contributed by atoms with van der Waals surface area (Å²) < 4.78 is 7.57. The minimum atomic E-state index is -0.371. The lowest BCUT2D eigenvalue weighted by Crippen LogP contribution is -2.02. The summed E-state index contributed by atoms with van der Waals surface area (Å²) in [4.78, 5) is 21.4. The first kappa shape index (κ1) is 20.4. The van der Waals surface area contributed by atoms with Crippen LogP contribution in [0.4, 0.5) is 0 Å². The average molecular weight is 464 g/mol. The van der Waals surface area contributed by atoms with Crippen LogP contribution in [0.5, 0.6) is 0 Å². The van der Waals surface area contributed by atoms with Gasteiger partial charge in [0, 0.05) is 46.1 Å². The summed E-state index contributed by atoms with van der Waals surface area (Å²) in [6, 6.07) is 11.3. The number of ketones is 1. The minimum absolute atomic E-state index is 0.115. The second kappa shape index (κ2) is 8.18. The number of nitrogens with zero attached hydrogens (tertiary/aromatic N) is 5. The van der Waals surface area contributed by atoms with Crippen LogP contribution < -0.4 is 0 Å². The number of rotatable bonds is 5. The van der Waals surface area contributed by atoms with Crippen LogP contribution in [0.15, 0.2) is 65.6 Å². The van der Waals surface area contributed by atoms with Gasteiger partial charge in [-0.3, -0.25) is 9.78 Å². The smallest absolute Gasteiger partial charge is 0.289 e. The van der Waals surface area contributed by atoms with Crippen molar-refractivity contribution in [2.24, 2.45) is 0 Å². The Hall–Kier alpha value is -3.55. The molecule has 0 saturated carbocycles. The van der Waals surface area contributed by atoms with Gasteiger partial charge < -0.3 is 8.98 Å². The summed E-state index contributed by atoms with van der Waals surface area (Å²) in [5, 5.41) is 9.80. The Morgan fingerprint density at radius 1 is 1.09 bits per heavy atom. The van der Waals surface area contributed by atoms with Gasteiger partial charge in [0.25, 0.3) is 17.6 Å². The van der Waals surface area contributed by atoms with Crippen LogP contribution in [0.3, 0.4) is 0 Å². The molecule has 0 N–H and O–H groups in total. The van der Waals surface area contributed by atoms with Gasteiger partial charge in [0.15, 0.2) is 0 Å². The van der Waals surface area contributed by atoms with E-state index in [2.05, 4.69) is 20.2 Å². The number of hydrogen-bond donors (Lipinski definition) is 0. The number of aromatic nitrogens is 5. The highest BCUT2D eigenvalue weighted by molar-refractivity contribution is 6.35. The van der Waals surface area contributed by atoms with Crippen LogP contribution in [-0.4, -0.2) is 30.5 Å². The predicted octanol–water partition coefficient (Wildman–Crippen LogP) is 5.38. The number of aryl methyl sites for hydroxylation is 1. The maximum absolute atomic E-state index is 13.3. The molecule has 0 spiro atoms. The SMILES string of the molecule is Cc1ccc2c(c1)c(C(=O)c1nnc(-c3cnccn3)o1)cn2Cc1ccc(Cl)cc1Cl. The van der Waals surface area contributed by atoms with Crippen LogP contribution in [-0.2, 0) is 6.54 Å². The molecule has 0 aliphatic rings. The molecule has 0 unspecified atom stereocenters. The number of halogens is 2. The summed E-state index contributed by atoms with van der Waals surface area (Å²) in [6.45, 7) is 2.44. The first-order valence-electron chi connectivity index (χ1n) is 9.67. The van der Waals surface area contributed by atoms with Crippen molar-refractivity contribution < 1.29 is 9.21 Å². The maximum atomic E-state index is 13.3. The Morgan fingerprint density at radius 3 is 2.75 bits per heavy atom. The molecule has 9 heteroatoms. The van der Waals surface area contributed by atoms with Crippen molar-refractivity contribution in [3.05, 3.63) is 93.8 Å². The van der Waals surface area contributed by atoms with Gasteiger partial charge in [-0.1, -0.05) is 40.9 Å². The van der Waals surface area contributed by atoms with Crippen molar-refractivity contribution >= 4 is 39.9 Å². The molecular weight excluding hydrogens is 449 g/mol. The third kappa shape index (κ3) is 3.77. The Balaban J connectivity index is 1.56. The van der Waals surface area contributed by atoms with Crippen LogP contribution >= 0.6 is 23.2 Å². The van der Waals surface area contributed by atoms with Gasteiger partial charge in [-0.2, -0.15) is 0 Å². The molecule has 0 radical (unpaired) electrons. The highest BCUT2D eigenvalue weighted by Crippen LogP contribution is 2.28. The van der Waals surface area contributed by atoms with Crippen molar-refractivity contribution in [3.63, 3.8) is 0 Å². The maximum Gasteiger partial charge on any atom is 0.289 e. The summed E-state index contributed by atoms with van der Waals surface area (Å²) >= 11 is 12.4. The fourth-order valence-corrected chi connectivity index (χ4v) is 3.97. The second-order valence-corrected chi connectivity index (χ2v) is 8.10. The van der Waals surface area contributed by atoms with Gasteiger partial charge in [-0.05, 0) is 36.8 Å². The van der Waals surface area contributed by atoms with E-state index in [0.717, 1.165) is 22.0 Å². The van der Waals surface area contributed by atoms with E-state index in [4.69, 9.17) is 27.6 Å². The summed E-state index contributed by atoms with van der Waals surface area (Å²) in [6.07, 6.45) is 6.33. The molecule has 3 heterocycles. The van der Waals surface area contributed by atoms with E-state index in [1.54, 1.807) is 18.3 Å². The van der Waals surface area contributed by atoms with Gasteiger partial charge in [0.2, 0.25) is 0 Å². The van der Waals surface area contributed by atoms with Crippen LogP contribution in [0.25, 0.3) is 22.5 Å². The molecule has 5 aromatic rings. The zero-order valence-electron chi connectivity index (χ0n) is 16.8. The Morgan fingerprint density at radius 2 is 1.97 bits per heavy atom. The molecule has 0 atom stereocenters. The van der Waals surface area contributed by atoms with Crippen molar-refractivity contribution in [1.82, 2.24) is 24.7 Å². The van der Waals surface area contributed by atoms with Gasteiger partial charge >= 0.3 is 0 Å². The first-order valence-corrected chi connectivity index (χ1v) is 10.4. The molecule has 0 aliphatic carbocycles. The molecule has 0 fully saturated rings. The van der Waals surface area contributed by atoms with Crippen LogP contribution in [0, 0.1) is 6.92 Å². The van der Waals surface area contributed by atoms with Crippen molar-refractivity contribution in [3.8, 4) is 11.6 Å². The molecule has 5 rings (SSSR count). The molecule has 3 aromatic heterocycles. The van der Waals surface area contributed by atoms with E-state index in [0.29, 0.717) is 27.8 Å². The highest BCUT2D eigenvalue weighted by Gasteiger charge is 2.23. The van der Waals surface area contributed by atoms with Crippen molar-refractivity contribution in [1.29, 1.82) is 0 Å². The predicted molar refractivity (Wildman–Crippen MR) is 121 cm³/mol. The molecule has 0 saturated heterocycles. The number of fused-ring (bicyclic) bond motifs is 1. The number of carbonyl (C=O) groups excluding carboxylic acids is 1. The van der Waals surface area contributed by atoms with Crippen LogP contribution in [0.1, 0.15) is 27.4 Å². The lowest BCUT2D eigenvalue weighted by Gasteiger charge is -2.08. The van der Waals surface area contributed by atoms with E-state index in [1.807, 2.05) is 35.8 Å². The Labute approximate surface area is 192 Å². The lowest BCUT2D eigenvalue weighted by molar-refractivity contribution is 0.100. The van der Waals surface area contributed by atoms with Crippen molar-refractivity contribution in [2.75, 3.05) is 0 Å². The van der Waals surface area contributed by atoms with E-state index in [-0.39, 0.29) is 17.6 Å². The summed E-state index contributed by atoms with van der Waals surface area (Å²) in [5.74, 6) is -0.353. The highest BCUT2D eigenvalue weighted by atomic mass is 35.5. The first-order chi connectivity index (χ1) is 15.5. The quantitative estimate of drug-likeness (QED) is 0.325. The zero-order chi connectivity index (χ0) is 22.2. The van der Waals surface area contributed by atoms with Gasteiger partial charge in [-0.25, -0.2) is 4.98 Å². The molecule has 0 bridgehead atoms.